The van der Waals surface area contributed by atoms with E-state index in [2.05, 4.69) is 34.1 Å². The molecule has 0 aliphatic rings. The molecular weight excluding hydrogens is 414 g/mol. The zero-order chi connectivity index (χ0) is 20.1. The van der Waals surface area contributed by atoms with Crippen LogP contribution in [-0.4, -0.2) is 32.1 Å². The van der Waals surface area contributed by atoms with E-state index in [1.54, 1.807) is 6.07 Å². The highest BCUT2D eigenvalue weighted by molar-refractivity contribution is 7.88. The number of nitrogens with zero attached hydrogens (tertiary/aromatic N) is 1. The molecule has 1 aromatic carbocycles. The molecule has 3 rings (SSSR count). The summed E-state index contributed by atoms with van der Waals surface area (Å²) in [6.07, 6.45) is 2.66. The highest BCUT2D eigenvalue weighted by Crippen LogP contribution is 2.26. The number of sulfonamides is 1. The molecule has 0 saturated carbocycles. The molecule has 0 radical (unpaired) electrons. The van der Waals surface area contributed by atoms with Gasteiger partial charge in [-0.2, -0.15) is 0 Å². The summed E-state index contributed by atoms with van der Waals surface area (Å²) >= 11 is 2.73. The van der Waals surface area contributed by atoms with E-state index < -0.39 is 10.0 Å². The van der Waals surface area contributed by atoms with E-state index in [1.807, 2.05) is 23.6 Å². The van der Waals surface area contributed by atoms with E-state index >= 15 is 0 Å². The lowest BCUT2D eigenvalue weighted by molar-refractivity contribution is 0.103. The lowest BCUT2D eigenvalue weighted by Gasteiger charge is -2.01. The minimum absolute atomic E-state index is 0.213. The van der Waals surface area contributed by atoms with Crippen LogP contribution < -0.4 is 10.0 Å². The van der Waals surface area contributed by atoms with E-state index in [1.165, 1.54) is 28.2 Å². The lowest BCUT2D eigenvalue weighted by atomic mass is 10.1. The van der Waals surface area contributed by atoms with Crippen LogP contribution in [0.2, 0.25) is 0 Å². The Balaban J connectivity index is 1.60. The van der Waals surface area contributed by atoms with E-state index in [0.29, 0.717) is 23.0 Å². The molecule has 0 bridgehead atoms. The molecule has 0 spiro atoms. The zero-order valence-corrected chi connectivity index (χ0v) is 18.0. The van der Waals surface area contributed by atoms with Crippen molar-refractivity contribution in [1.82, 2.24) is 9.71 Å². The van der Waals surface area contributed by atoms with Gasteiger partial charge in [0.05, 0.1) is 16.8 Å². The number of aryl methyl sites for hydroxylation is 1. The van der Waals surface area contributed by atoms with Gasteiger partial charge < -0.3 is 0 Å². The minimum Gasteiger partial charge on any atom is -0.297 e. The zero-order valence-electron chi connectivity index (χ0n) is 15.6. The number of carbonyl (C=O) groups is 1. The van der Waals surface area contributed by atoms with Crippen LogP contribution in [0.1, 0.15) is 27.0 Å². The Morgan fingerprint density at radius 1 is 1.14 bits per heavy atom. The molecule has 3 aromatic rings. The summed E-state index contributed by atoms with van der Waals surface area (Å²) in [6, 6.07) is 11.8. The Morgan fingerprint density at radius 2 is 1.89 bits per heavy atom. The van der Waals surface area contributed by atoms with Crippen molar-refractivity contribution in [3.8, 4) is 11.3 Å². The van der Waals surface area contributed by atoms with E-state index in [-0.39, 0.29) is 5.91 Å². The van der Waals surface area contributed by atoms with Crippen LogP contribution in [-0.2, 0) is 22.9 Å². The Morgan fingerprint density at radius 3 is 2.57 bits per heavy atom. The monoisotopic (exact) mass is 435 g/mol. The molecule has 0 aliphatic heterocycles. The maximum Gasteiger partial charge on any atom is 0.267 e. The third kappa shape index (κ3) is 5.71. The molecule has 1 amide bonds. The van der Waals surface area contributed by atoms with Crippen molar-refractivity contribution in [3.63, 3.8) is 0 Å². The number of anilines is 1. The number of nitrogens with one attached hydrogen (secondary N) is 2. The Hall–Kier alpha value is -2.07. The molecule has 0 atom stereocenters. The fourth-order valence-corrected chi connectivity index (χ4v) is 4.62. The van der Waals surface area contributed by atoms with Crippen LogP contribution in [0, 0.1) is 0 Å². The first-order valence-corrected chi connectivity index (χ1v) is 12.3. The molecule has 0 aliphatic carbocycles. The van der Waals surface area contributed by atoms with Crippen LogP contribution in [0.15, 0.2) is 41.8 Å². The molecule has 0 unspecified atom stereocenters. The number of carbonyl (C=O) groups excluding carboxylic acids is 1. The first-order chi connectivity index (χ1) is 13.3. The molecule has 0 fully saturated rings. The SMILES string of the molecule is CCc1ccc(-c2csc(NC(=O)c3ccc(CCNS(C)(=O)=O)s3)n2)cc1. The average molecular weight is 436 g/mol. The van der Waals surface area contributed by atoms with E-state index in [4.69, 9.17) is 0 Å². The van der Waals surface area contributed by atoms with Crippen molar-refractivity contribution < 1.29 is 13.2 Å². The van der Waals surface area contributed by atoms with Crippen LogP contribution in [0.25, 0.3) is 11.3 Å². The number of hydrogen-bond donors (Lipinski definition) is 2. The summed E-state index contributed by atoms with van der Waals surface area (Å²) in [5, 5.41) is 5.31. The number of aromatic nitrogens is 1. The predicted octanol–water partition coefficient (Wildman–Crippen LogP) is 3.78. The number of thiophene rings is 1. The maximum absolute atomic E-state index is 12.4. The van der Waals surface area contributed by atoms with E-state index in [9.17, 15) is 13.2 Å². The Kier molecular flexibility index (Phi) is 6.61. The largest absolute Gasteiger partial charge is 0.297 e. The quantitative estimate of drug-likeness (QED) is 0.564. The summed E-state index contributed by atoms with van der Waals surface area (Å²) in [6.45, 7) is 2.43. The van der Waals surface area contributed by atoms with Crippen molar-refractivity contribution in [2.75, 3.05) is 18.1 Å². The third-order valence-corrected chi connectivity index (χ3v) is 6.63. The van der Waals surface area contributed by atoms with Crippen molar-refractivity contribution >= 4 is 43.7 Å². The predicted molar refractivity (Wildman–Crippen MR) is 116 cm³/mol. The second-order valence-corrected chi connectivity index (χ2v) is 10.1. The van der Waals surface area contributed by atoms with Crippen LogP contribution in [0.3, 0.4) is 0 Å². The number of hydrogen-bond acceptors (Lipinski definition) is 6. The standard InChI is InChI=1S/C19H21N3O3S3/c1-3-13-4-6-14(7-5-13)16-12-26-19(21-16)22-18(23)17-9-8-15(27-17)10-11-20-28(2,24)25/h4-9,12,20H,3,10-11H2,1-2H3,(H,21,22,23). The van der Waals surface area contributed by atoms with Gasteiger partial charge >= 0.3 is 0 Å². The van der Waals surface area contributed by atoms with Crippen molar-refractivity contribution in [2.24, 2.45) is 0 Å². The Bertz CT molecular complexity index is 1050. The van der Waals surface area contributed by atoms with Gasteiger partial charge in [-0.05, 0) is 30.5 Å². The first-order valence-electron chi connectivity index (χ1n) is 8.73. The maximum atomic E-state index is 12.4. The van der Waals surface area contributed by atoms with Gasteiger partial charge in [0, 0.05) is 22.4 Å². The molecule has 28 heavy (non-hydrogen) atoms. The van der Waals surface area contributed by atoms with Gasteiger partial charge in [0.2, 0.25) is 10.0 Å². The normalized spacial score (nSPS) is 11.5. The van der Waals surface area contributed by atoms with Crippen LogP contribution >= 0.6 is 22.7 Å². The number of thiazole rings is 1. The first kappa shape index (κ1) is 20.7. The minimum atomic E-state index is -3.20. The Labute approximate surface area is 172 Å². The van der Waals surface area contributed by atoms with Crippen molar-refractivity contribution in [1.29, 1.82) is 0 Å². The number of amides is 1. The van der Waals surface area contributed by atoms with Gasteiger partial charge in [-0.3, -0.25) is 10.1 Å². The van der Waals surface area contributed by atoms with Crippen LogP contribution in [0.5, 0.6) is 0 Å². The number of benzene rings is 1. The van der Waals surface area contributed by atoms with Gasteiger partial charge in [0.15, 0.2) is 5.13 Å². The molecule has 148 valence electrons. The van der Waals surface area contributed by atoms with Gasteiger partial charge in [0.25, 0.3) is 5.91 Å². The smallest absolute Gasteiger partial charge is 0.267 e. The fourth-order valence-electron chi connectivity index (χ4n) is 2.53. The molecule has 9 heteroatoms. The summed E-state index contributed by atoms with van der Waals surface area (Å²) in [5.74, 6) is -0.213. The highest BCUT2D eigenvalue weighted by atomic mass is 32.2. The molecule has 0 saturated heterocycles. The highest BCUT2D eigenvalue weighted by Gasteiger charge is 2.13. The molecule has 6 nitrogen and oxygen atoms in total. The molecule has 2 heterocycles. The topological polar surface area (TPSA) is 88.2 Å². The molecule has 2 N–H and O–H groups in total. The summed E-state index contributed by atoms with van der Waals surface area (Å²) in [4.78, 5) is 18.5. The summed E-state index contributed by atoms with van der Waals surface area (Å²) in [7, 11) is -3.20. The molecular formula is C19H21N3O3S3. The number of rotatable bonds is 8. The molecule has 2 aromatic heterocycles. The summed E-state index contributed by atoms with van der Waals surface area (Å²) < 4.78 is 24.6. The summed E-state index contributed by atoms with van der Waals surface area (Å²) in [5.41, 5.74) is 3.13. The van der Waals surface area contributed by atoms with Gasteiger partial charge in [0.1, 0.15) is 0 Å². The van der Waals surface area contributed by atoms with E-state index in [0.717, 1.165) is 28.8 Å². The van der Waals surface area contributed by atoms with Crippen molar-refractivity contribution in [2.45, 2.75) is 19.8 Å². The second kappa shape index (κ2) is 8.95. The average Bonchev–Trinajstić information content (AvgIpc) is 3.30. The fraction of sp³-hybridized carbons (Fsp3) is 0.263. The van der Waals surface area contributed by atoms with Gasteiger partial charge in [-0.25, -0.2) is 18.1 Å². The van der Waals surface area contributed by atoms with Gasteiger partial charge in [-0.15, -0.1) is 22.7 Å². The lowest BCUT2D eigenvalue weighted by Crippen LogP contribution is -2.24. The van der Waals surface area contributed by atoms with Crippen LogP contribution in [0.4, 0.5) is 5.13 Å². The van der Waals surface area contributed by atoms with Gasteiger partial charge in [-0.1, -0.05) is 31.2 Å². The van der Waals surface area contributed by atoms with Crippen molar-refractivity contribution in [3.05, 3.63) is 57.1 Å². The second-order valence-electron chi connectivity index (χ2n) is 6.22. The third-order valence-electron chi connectivity index (χ3n) is 4.00.